The number of rotatable bonds is 7. The van der Waals surface area contributed by atoms with Crippen LogP contribution in [0.2, 0.25) is 0 Å². The summed E-state index contributed by atoms with van der Waals surface area (Å²) >= 11 is 0. The van der Waals surface area contributed by atoms with E-state index in [1.807, 2.05) is 45.0 Å². The molecule has 1 amide bonds. The average Bonchev–Trinajstić information content (AvgIpc) is 3.42. The number of aromatic amines is 1. The van der Waals surface area contributed by atoms with Gasteiger partial charge in [-0.15, -0.1) is 0 Å². The summed E-state index contributed by atoms with van der Waals surface area (Å²) < 4.78 is 11.4. The highest BCUT2D eigenvalue weighted by Gasteiger charge is 2.47. The zero-order valence-electron chi connectivity index (χ0n) is 20.9. The molecule has 7 heteroatoms. The van der Waals surface area contributed by atoms with E-state index in [9.17, 15) is 14.7 Å². The summed E-state index contributed by atoms with van der Waals surface area (Å²) in [5.74, 6) is -0.601. The summed E-state index contributed by atoms with van der Waals surface area (Å²) in [7, 11) is 0. The molecule has 0 aliphatic carbocycles. The van der Waals surface area contributed by atoms with Crippen LogP contribution in [0.4, 0.5) is 5.69 Å². The van der Waals surface area contributed by atoms with Gasteiger partial charge in [-0.05, 0) is 51.1 Å². The third-order valence-electron chi connectivity index (χ3n) is 6.25. The van der Waals surface area contributed by atoms with Gasteiger partial charge in [0.2, 0.25) is 0 Å². The maximum Gasteiger partial charge on any atom is 0.300 e. The van der Waals surface area contributed by atoms with Gasteiger partial charge in [0.05, 0.1) is 24.3 Å². The number of ether oxygens (including phenoxy) is 2. The Labute approximate surface area is 214 Å². The minimum Gasteiger partial charge on any atom is -0.507 e. The first kappa shape index (κ1) is 24.2. The number of nitrogens with zero attached hydrogens (tertiary/aromatic N) is 1. The van der Waals surface area contributed by atoms with E-state index in [-0.39, 0.29) is 17.4 Å². The molecule has 0 radical (unpaired) electrons. The molecule has 1 aromatic heterocycles. The smallest absolute Gasteiger partial charge is 0.300 e. The second-order valence-electron chi connectivity index (χ2n) is 9.08. The number of hydrogen-bond acceptors (Lipinski definition) is 5. The molecule has 5 rings (SSSR count). The fraction of sp³-hybridized carbons (Fsp3) is 0.200. The standard InChI is InChI=1S/C30H28N2O5/c1-4-36-21-11-8-10-20(16-21)32-27(24-17-31-25-14-6-5-13-23(24)25)26(29(34)30(32)35)28(33)19-9-7-12-22(15-19)37-18(2)3/h5-18,27,31,33H,4H2,1-3H3/b28-26+. The maximum absolute atomic E-state index is 13.5. The Bertz CT molecular complexity index is 1520. The zero-order valence-corrected chi connectivity index (χ0v) is 20.9. The van der Waals surface area contributed by atoms with Crippen molar-refractivity contribution in [3.05, 3.63) is 95.7 Å². The molecule has 1 aliphatic rings. The van der Waals surface area contributed by atoms with Gasteiger partial charge in [-0.3, -0.25) is 14.5 Å². The Balaban J connectivity index is 1.72. The van der Waals surface area contributed by atoms with Gasteiger partial charge in [-0.1, -0.05) is 36.4 Å². The molecule has 1 saturated heterocycles. The van der Waals surface area contributed by atoms with E-state index in [1.54, 1.807) is 54.7 Å². The van der Waals surface area contributed by atoms with Crippen LogP contribution in [0.5, 0.6) is 11.5 Å². The van der Waals surface area contributed by atoms with Crippen molar-refractivity contribution < 1.29 is 24.2 Å². The lowest BCUT2D eigenvalue weighted by atomic mass is 9.94. The van der Waals surface area contributed by atoms with Crippen LogP contribution < -0.4 is 14.4 Å². The van der Waals surface area contributed by atoms with Crippen LogP contribution in [0.3, 0.4) is 0 Å². The third-order valence-corrected chi connectivity index (χ3v) is 6.25. The highest BCUT2D eigenvalue weighted by Crippen LogP contribution is 2.45. The number of hydrogen-bond donors (Lipinski definition) is 2. The number of para-hydroxylation sites is 1. The van der Waals surface area contributed by atoms with Gasteiger partial charge in [0, 0.05) is 40.0 Å². The van der Waals surface area contributed by atoms with E-state index in [4.69, 9.17) is 9.47 Å². The van der Waals surface area contributed by atoms with E-state index >= 15 is 0 Å². The van der Waals surface area contributed by atoms with Crippen LogP contribution in [0, 0.1) is 0 Å². The number of nitrogens with one attached hydrogen (secondary N) is 1. The predicted molar refractivity (Wildman–Crippen MR) is 143 cm³/mol. The first-order chi connectivity index (χ1) is 17.9. The summed E-state index contributed by atoms with van der Waals surface area (Å²) in [4.78, 5) is 31.7. The Morgan fingerprint density at radius 3 is 2.54 bits per heavy atom. The van der Waals surface area contributed by atoms with Crippen molar-refractivity contribution >= 4 is 34.0 Å². The molecule has 1 aliphatic heterocycles. The van der Waals surface area contributed by atoms with Gasteiger partial charge in [0.25, 0.3) is 11.7 Å². The molecule has 1 atom stereocenters. The summed E-state index contributed by atoms with van der Waals surface area (Å²) in [5, 5.41) is 12.4. The second kappa shape index (κ2) is 9.85. The average molecular weight is 497 g/mol. The largest absolute Gasteiger partial charge is 0.507 e. The summed E-state index contributed by atoms with van der Waals surface area (Å²) in [6, 6.07) is 20.7. The van der Waals surface area contributed by atoms with Gasteiger partial charge in [-0.2, -0.15) is 0 Å². The number of amides is 1. The van der Waals surface area contributed by atoms with Crippen molar-refractivity contribution in [3.63, 3.8) is 0 Å². The van der Waals surface area contributed by atoms with Crippen LogP contribution in [0.25, 0.3) is 16.7 Å². The Morgan fingerprint density at radius 1 is 1.00 bits per heavy atom. The topological polar surface area (TPSA) is 91.9 Å². The minimum absolute atomic E-state index is 0.0123. The highest BCUT2D eigenvalue weighted by atomic mass is 16.5. The van der Waals surface area contributed by atoms with Crippen molar-refractivity contribution in [2.24, 2.45) is 0 Å². The van der Waals surface area contributed by atoms with Gasteiger partial charge < -0.3 is 19.6 Å². The van der Waals surface area contributed by atoms with Gasteiger partial charge in [-0.25, -0.2) is 0 Å². The normalized spacial score (nSPS) is 17.1. The molecular formula is C30H28N2O5. The van der Waals surface area contributed by atoms with E-state index < -0.39 is 17.7 Å². The molecule has 4 aromatic rings. The first-order valence-corrected chi connectivity index (χ1v) is 12.3. The number of Topliss-reactive ketones (excluding diaryl/α,β-unsaturated/α-hetero) is 1. The van der Waals surface area contributed by atoms with E-state index in [0.717, 1.165) is 10.9 Å². The van der Waals surface area contributed by atoms with E-state index in [2.05, 4.69) is 4.98 Å². The van der Waals surface area contributed by atoms with Crippen LogP contribution >= 0.6 is 0 Å². The molecule has 2 heterocycles. The molecule has 1 unspecified atom stereocenters. The number of aliphatic hydroxyl groups excluding tert-OH is 1. The number of carbonyl (C=O) groups excluding carboxylic acids is 2. The lowest BCUT2D eigenvalue weighted by Crippen LogP contribution is -2.29. The molecule has 0 bridgehead atoms. The summed E-state index contributed by atoms with van der Waals surface area (Å²) in [6.07, 6.45) is 1.72. The highest BCUT2D eigenvalue weighted by molar-refractivity contribution is 6.52. The van der Waals surface area contributed by atoms with Gasteiger partial charge >= 0.3 is 0 Å². The Morgan fingerprint density at radius 2 is 1.76 bits per heavy atom. The second-order valence-corrected chi connectivity index (χ2v) is 9.08. The molecule has 0 saturated carbocycles. The van der Waals surface area contributed by atoms with E-state index in [0.29, 0.717) is 34.9 Å². The number of carbonyl (C=O) groups is 2. The first-order valence-electron chi connectivity index (χ1n) is 12.3. The summed E-state index contributed by atoms with van der Waals surface area (Å²) in [5.41, 5.74) is 2.47. The number of H-pyrrole nitrogens is 1. The molecule has 2 N–H and O–H groups in total. The van der Waals surface area contributed by atoms with Crippen molar-refractivity contribution in [2.75, 3.05) is 11.5 Å². The van der Waals surface area contributed by atoms with Crippen LogP contribution in [0.15, 0.2) is 84.6 Å². The Hall–Kier alpha value is -4.52. The van der Waals surface area contributed by atoms with Crippen molar-refractivity contribution in [1.82, 2.24) is 4.98 Å². The number of aromatic nitrogens is 1. The number of ketones is 1. The number of anilines is 1. The zero-order chi connectivity index (χ0) is 26.1. The van der Waals surface area contributed by atoms with Crippen LogP contribution in [-0.2, 0) is 9.59 Å². The molecule has 1 fully saturated rings. The number of benzene rings is 3. The molecule has 37 heavy (non-hydrogen) atoms. The van der Waals surface area contributed by atoms with Crippen molar-refractivity contribution in [3.8, 4) is 11.5 Å². The number of fused-ring (bicyclic) bond motifs is 1. The van der Waals surface area contributed by atoms with Crippen molar-refractivity contribution in [2.45, 2.75) is 32.9 Å². The quantitative estimate of drug-likeness (QED) is 0.187. The molecular weight excluding hydrogens is 468 g/mol. The van der Waals surface area contributed by atoms with Crippen LogP contribution in [0.1, 0.15) is 37.9 Å². The fourth-order valence-electron chi connectivity index (χ4n) is 4.75. The molecule has 3 aromatic carbocycles. The van der Waals surface area contributed by atoms with Gasteiger partial charge in [0.1, 0.15) is 17.3 Å². The lowest BCUT2D eigenvalue weighted by Gasteiger charge is -2.25. The van der Waals surface area contributed by atoms with Crippen molar-refractivity contribution in [1.29, 1.82) is 0 Å². The lowest BCUT2D eigenvalue weighted by molar-refractivity contribution is -0.132. The maximum atomic E-state index is 13.5. The molecule has 7 nitrogen and oxygen atoms in total. The minimum atomic E-state index is -0.859. The summed E-state index contributed by atoms with van der Waals surface area (Å²) in [6.45, 7) is 6.15. The predicted octanol–water partition coefficient (Wildman–Crippen LogP) is 5.98. The number of aliphatic hydroxyl groups is 1. The fourth-order valence-corrected chi connectivity index (χ4v) is 4.75. The monoisotopic (exact) mass is 496 g/mol. The third kappa shape index (κ3) is 4.44. The Kier molecular flexibility index (Phi) is 6.44. The van der Waals surface area contributed by atoms with E-state index in [1.165, 1.54) is 4.90 Å². The molecule has 188 valence electrons. The molecule has 0 spiro atoms. The SMILES string of the molecule is CCOc1cccc(N2C(=O)C(=O)/C(=C(/O)c3cccc(OC(C)C)c3)C2c2c[nH]c3ccccc23)c1. The van der Waals surface area contributed by atoms with Crippen LogP contribution in [-0.4, -0.2) is 34.5 Å². The van der Waals surface area contributed by atoms with Gasteiger partial charge in [0.15, 0.2) is 0 Å².